The fourth-order valence-electron chi connectivity index (χ4n) is 1.86. The first kappa shape index (κ1) is 14.1. The third-order valence-electron chi connectivity index (χ3n) is 2.92. The molecule has 0 fully saturated rings. The SMILES string of the molecule is CC1=[N+](C)c2ccccc2C1C.[O-][Cl+3]([O-])([O-])[O-]. The van der Waals surface area contributed by atoms with E-state index in [4.69, 9.17) is 18.6 Å². The molecule has 2 rings (SSSR count). The Morgan fingerprint density at radius 3 is 2.06 bits per heavy atom. The highest BCUT2D eigenvalue weighted by molar-refractivity contribution is 5.89. The second kappa shape index (κ2) is 5.12. The van der Waals surface area contributed by atoms with Gasteiger partial charge in [0.25, 0.3) is 0 Å². The molecule has 0 aliphatic carbocycles. The summed E-state index contributed by atoms with van der Waals surface area (Å²) < 4.78 is 36.2. The van der Waals surface area contributed by atoms with Gasteiger partial charge in [0.1, 0.15) is 7.05 Å². The van der Waals surface area contributed by atoms with E-state index in [1.54, 1.807) is 0 Å². The highest BCUT2D eigenvalue weighted by atomic mass is 35.7. The van der Waals surface area contributed by atoms with Gasteiger partial charge in [-0.15, -0.1) is 10.2 Å². The Hall–Kier alpha value is -0.980. The van der Waals surface area contributed by atoms with E-state index in [9.17, 15) is 0 Å². The number of fused-ring (bicyclic) bond motifs is 1. The minimum Gasteiger partial charge on any atom is -0.222 e. The van der Waals surface area contributed by atoms with Gasteiger partial charge in [0.05, 0.1) is 5.92 Å². The molecule has 0 spiro atoms. The molecular formula is C11H14ClNO4. The van der Waals surface area contributed by atoms with E-state index < -0.39 is 10.2 Å². The summed E-state index contributed by atoms with van der Waals surface area (Å²) in [7, 11) is -2.81. The predicted molar refractivity (Wildman–Crippen MR) is 51.4 cm³/mol. The van der Waals surface area contributed by atoms with Crippen LogP contribution in [0.3, 0.4) is 0 Å². The standard InChI is InChI=1S/C11H14N.ClHO4/c1-8-9(2)12(3)11-7-5-4-6-10(8)11;2-1(3,4)5/h4-8H,1-3H3;(H,2,3,4,5)/q+1;/p-1. The summed E-state index contributed by atoms with van der Waals surface area (Å²) in [6.07, 6.45) is 0. The van der Waals surface area contributed by atoms with Crippen LogP contribution in [0.5, 0.6) is 0 Å². The Balaban J connectivity index is 0.000000249. The van der Waals surface area contributed by atoms with Crippen LogP contribution in [0.25, 0.3) is 0 Å². The zero-order valence-corrected chi connectivity index (χ0v) is 10.6. The average Bonchev–Trinajstić information content (AvgIpc) is 2.43. The fourth-order valence-corrected chi connectivity index (χ4v) is 1.86. The van der Waals surface area contributed by atoms with Crippen molar-refractivity contribution >= 4 is 11.4 Å². The number of nitrogens with zero attached hydrogens (tertiary/aromatic N) is 1. The van der Waals surface area contributed by atoms with E-state index in [2.05, 4.69) is 49.7 Å². The number of hydrogen-bond acceptors (Lipinski definition) is 4. The van der Waals surface area contributed by atoms with E-state index in [0.29, 0.717) is 5.92 Å². The molecule has 1 aliphatic heterocycles. The van der Waals surface area contributed by atoms with Crippen molar-refractivity contribution in [3.8, 4) is 0 Å². The van der Waals surface area contributed by atoms with E-state index in [1.165, 1.54) is 17.0 Å². The largest absolute Gasteiger partial charge is 0.222 e. The molecule has 17 heavy (non-hydrogen) atoms. The number of para-hydroxylation sites is 1. The lowest BCUT2D eigenvalue weighted by Crippen LogP contribution is -2.68. The summed E-state index contributed by atoms with van der Waals surface area (Å²) in [6.45, 7) is 4.46. The van der Waals surface area contributed by atoms with Crippen LogP contribution >= 0.6 is 0 Å². The maximum Gasteiger partial charge on any atom is 0.208 e. The van der Waals surface area contributed by atoms with Gasteiger partial charge in [-0.05, 0) is 6.92 Å². The molecule has 94 valence electrons. The maximum atomic E-state index is 8.49. The Kier molecular flexibility index (Phi) is 4.24. The quantitative estimate of drug-likeness (QED) is 0.493. The molecule has 0 bridgehead atoms. The van der Waals surface area contributed by atoms with Crippen molar-refractivity contribution in [2.45, 2.75) is 19.8 Å². The van der Waals surface area contributed by atoms with E-state index in [-0.39, 0.29) is 0 Å². The van der Waals surface area contributed by atoms with Crippen molar-refractivity contribution in [2.24, 2.45) is 0 Å². The molecule has 1 atom stereocenters. The number of rotatable bonds is 0. The van der Waals surface area contributed by atoms with Crippen LogP contribution in [-0.2, 0) is 0 Å². The van der Waals surface area contributed by atoms with Crippen LogP contribution in [0.15, 0.2) is 24.3 Å². The van der Waals surface area contributed by atoms with E-state index in [1.807, 2.05) is 0 Å². The molecule has 0 radical (unpaired) electrons. The Morgan fingerprint density at radius 1 is 1.12 bits per heavy atom. The molecule has 6 heteroatoms. The lowest BCUT2D eigenvalue weighted by Gasteiger charge is -2.17. The lowest BCUT2D eigenvalue weighted by molar-refractivity contribution is -2.00. The first-order valence-corrected chi connectivity index (χ1v) is 6.23. The topological polar surface area (TPSA) is 95.2 Å². The van der Waals surface area contributed by atoms with Gasteiger partial charge in [0, 0.05) is 18.6 Å². The van der Waals surface area contributed by atoms with Gasteiger partial charge in [0.2, 0.25) is 5.69 Å². The molecule has 1 unspecified atom stereocenters. The lowest BCUT2D eigenvalue weighted by atomic mass is 9.99. The van der Waals surface area contributed by atoms with Crippen molar-refractivity contribution in [2.75, 3.05) is 7.05 Å². The van der Waals surface area contributed by atoms with Gasteiger partial charge in [-0.2, -0.15) is 0 Å². The Morgan fingerprint density at radius 2 is 1.59 bits per heavy atom. The van der Waals surface area contributed by atoms with Crippen LogP contribution in [-0.4, -0.2) is 17.3 Å². The zero-order chi connectivity index (χ0) is 13.2. The van der Waals surface area contributed by atoms with Crippen LogP contribution in [0.2, 0.25) is 0 Å². The average molecular weight is 260 g/mol. The molecule has 5 nitrogen and oxygen atoms in total. The van der Waals surface area contributed by atoms with E-state index >= 15 is 0 Å². The van der Waals surface area contributed by atoms with Gasteiger partial charge in [-0.3, -0.25) is 0 Å². The van der Waals surface area contributed by atoms with Crippen molar-refractivity contribution in [3.05, 3.63) is 29.8 Å². The van der Waals surface area contributed by atoms with Crippen molar-refractivity contribution in [3.63, 3.8) is 0 Å². The zero-order valence-electron chi connectivity index (χ0n) is 9.84. The molecule has 1 aromatic carbocycles. The number of benzene rings is 1. The van der Waals surface area contributed by atoms with Gasteiger partial charge < -0.3 is 0 Å². The molecule has 1 aromatic rings. The van der Waals surface area contributed by atoms with Crippen LogP contribution in [0.1, 0.15) is 25.3 Å². The third kappa shape index (κ3) is 3.76. The highest BCUT2D eigenvalue weighted by Crippen LogP contribution is 2.32. The summed E-state index contributed by atoms with van der Waals surface area (Å²) >= 11 is 0. The summed E-state index contributed by atoms with van der Waals surface area (Å²) in [5.41, 5.74) is 4.26. The summed E-state index contributed by atoms with van der Waals surface area (Å²) in [5, 5.41) is 0. The molecular weight excluding hydrogens is 246 g/mol. The summed E-state index contributed by atoms with van der Waals surface area (Å²) in [6, 6.07) is 8.61. The van der Waals surface area contributed by atoms with Gasteiger partial charge >= 0.3 is 0 Å². The predicted octanol–water partition coefficient (Wildman–Crippen LogP) is -2.22. The molecule has 0 N–H and O–H groups in total. The molecule has 1 heterocycles. The molecule has 0 saturated heterocycles. The molecule has 0 aromatic heterocycles. The minimum atomic E-state index is -4.94. The highest BCUT2D eigenvalue weighted by Gasteiger charge is 2.29. The van der Waals surface area contributed by atoms with Gasteiger partial charge in [0.15, 0.2) is 5.71 Å². The molecule has 0 saturated carbocycles. The van der Waals surface area contributed by atoms with Crippen molar-refractivity contribution in [1.82, 2.24) is 0 Å². The Bertz CT molecular complexity index is 433. The summed E-state index contributed by atoms with van der Waals surface area (Å²) in [5.74, 6) is 0.589. The third-order valence-corrected chi connectivity index (χ3v) is 2.92. The van der Waals surface area contributed by atoms with E-state index in [0.717, 1.165) is 0 Å². The van der Waals surface area contributed by atoms with Gasteiger partial charge in [-0.1, -0.05) is 18.2 Å². The molecule has 0 amide bonds. The van der Waals surface area contributed by atoms with Crippen LogP contribution in [0, 0.1) is 10.2 Å². The van der Waals surface area contributed by atoms with Crippen molar-refractivity contribution in [1.29, 1.82) is 0 Å². The monoisotopic (exact) mass is 259 g/mol. The smallest absolute Gasteiger partial charge is 0.208 e. The maximum absolute atomic E-state index is 8.49. The fraction of sp³-hybridized carbons (Fsp3) is 0.364. The van der Waals surface area contributed by atoms with Crippen LogP contribution < -0.4 is 18.6 Å². The normalized spacial score (nSPS) is 18.6. The summed E-state index contributed by atoms with van der Waals surface area (Å²) in [4.78, 5) is 0. The van der Waals surface area contributed by atoms with Crippen LogP contribution in [0.4, 0.5) is 5.69 Å². The second-order valence-electron chi connectivity index (χ2n) is 3.86. The number of hydrogen-bond donors (Lipinski definition) is 0. The second-order valence-corrected chi connectivity index (χ2v) is 4.61. The number of halogens is 1. The van der Waals surface area contributed by atoms with Gasteiger partial charge in [-0.25, -0.2) is 23.2 Å². The molecule has 1 aliphatic rings. The first-order valence-electron chi connectivity index (χ1n) is 4.99. The Labute approximate surface area is 102 Å². The first-order chi connectivity index (χ1) is 7.72. The minimum absolute atomic E-state index is 0.589. The van der Waals surface area contributed by atoms with Crippen molar-refractivity contribution < 1.29 is 33.5 Å².